The normalized spacial score (nSPS) is 48.9. The molecule has 0 aromatic heterocycles. The van der Waals surface area contributed by atoms with Gasteiger partial charge in [0.2, 0.25) is 0 Å². The van der Waals surface area contributed by atoms with Gasteiger partial charge in [0.15, 0.2) is 0 Å². The first-order chi connectivity index (χ1) is 6.52. The molecule has 0 amide bonds. The fourth-order valence-electron chi connectivity index (χ4n) is 3.42. The number of fused-ring (bicyclic) bond motifs is 3. The summed E-state index contributed by atoms with van der Waals surface area (Å²) in [6.07, 6.45) is 4.35. The first-order valence-corrected chi connectivity index (χ1v) is 5.41. The second-order valence-corrected chi connectivity index (χ2v) is 5.51. The zero-order valence-corrected chi connectivity index (χ0v) is 8.71. The van der Waals surface area contributed by atoms with Crippen LogP contribution in [0, 0.1) is 5.41 Å². The van der Waals surface area contributed by atoms with Crippen molar-refractivity contribution in [3.8, 4) is 0 Å². The van der Waals surface area contributed by atoms with Crippen molar-refractivity contribution in [1.29, 1.82) is 0 Å². The van der Waals surface area contributed by atoms with Crippen LogP contribution in [-0.4, -0.2) is 23.8 Å². The first kappa shape index (κ1) is 8.72. The van der Waals surface area contributed by atoms with Gasteiger partial charge in [-0.1, -0.05) is 0 Å². The van der Waals surface area contributed by atoms with Crippen LogP contribution in [0.5, 0.6) is 0 Å². The van der Waals surface area contributed by atoms with Crippen molar-refractivity contribution in [2.24, 2.45) is 5.41 Å². The van der Waals surface area contributed by atoms with E-state index in [1.165, 1.54) is 0 Å². The molecule has 0 aliphatic carbocycles. The number of esters is 1. The minimum absolute atomic E-state index is 0.0188. The Balaban J connectivity index is 1.95. The van der Waals surface area contributed by atoms with Gasteiger partial charge in [0.25, 0.3) is 0 Å². The fourth-order valence-corrected chi connectivity index (χ4v) is 3.42. The van der Waals surface area contributed by atoms with E-state index in [-0.39, 0.29) is 23.1 Å². The molecule has 3 rings (SSSR count). The van der Waals surface area contributed by atoms with E-state index in [2.05, 4.69) is 0 Å². The Kier molecular flexibility index (Phi) is 1.45. The highest BCUT2D eigenvalue weighted by Gasteiger charge is 2.64. The van der Waals surface area contributed by atoms with Crippen LogP contribution in [0.1, 0.15) is 39.5 Å². The molecule has 1 spiro atoms. The van der Waals surface area contributed by atoms with Gasteiger partial charge >= 0.3 is 5.97 Å². The molecule has 2 bridgehead atoms. The minimum atomic E-state index is -0.287. The van der Waals surface area contributed by atoms with Crippen molar-refractivity contribution >= 4 is 5.97 Å². The maximum atomic E-state index is 11.9. The fraction of sp³-hybridized carbons (Fsp3) is 0.909. The number of cyclic esters (lactones) is 1. The second kappa shape index (κ2) is 2.32. The highest BCUT2D eigenvalue weighted by Crippen LogP contribution is 2.56. The topological polar surface area (TPSA) is 35.5 Å². The number of ether oxygens (including phenoxy) is 2. The molecule has 3 nitrogen and oxygen atoms in total. The first-order valence-electron chi connectivity index (χ1n) is 5.41. The summed E-state index contributed by atoms with van der Waals surface area (Å²) in [6, 6.07) is 0. The van der Waals surface area contributed by atoms with Crippen molar-refractivity contribution in [3.63, 3.8) is 0 Å². The van der Waals surface area contributed by atoms with E-state index >= 15 is 0 Å². The van der Waals surface area contributed by atoms with Crippen LogP contribution < -0.4 is 0 Å². The monoisotopic (exact) mass is 196 g/mol. The van der Waals surface area contributed by atoms with Gasteiger partial charge in [0.1, 0.15) is 11.0 Å². The van der Waals surface area contributed by atoms with Crippen molar-refractivity contribution in [1.82, 2.24) is 0 Å². The smallest absolute Gasteiger partial charge is 0.315 e. The predicted molar refractivity (Wildman–Crippen MR) is 49.7 cm³/mol. The van der Waals surface area contributed by atoms with E-state index in [1.54, 1.807) is 0 Å². The predicted octanol–water partition coefficient (Wildman–Crippen LogP) is 1.65. The molecule has 3 heteroatoms. The molecule has 3 saturated heterocycles. The summed E-state index contributed by atoms with van der Waals surface area (Å²) in [7, 11) is 0. The minimum Gasteiger partial charge on any atom is -0.459 e. The van der Waals surface area contributed by atoms with Gasteiger partial charge in [-0.05, 0) is 33.1 Å². The van der Waals surface area contributed by atoms with Crippen LogP contribution in [0.25, 0.3) is 0 Å². The summed E-state index contributed by atoms with van der Waals surface area (Å²) in [5, 5.41) is 0. The van der Waals surface area contributed by atoms with Crippen molar-refractivity contribution in [2.75, 3.05) is 0 Å². The van der Waals surface area contributed by atoms with Crippen LogP contribution >= 0.6 is 0 Å². The third-order valence-corrected chi connectivity index (χ3v) is 3.83. The van der Waals surface area contributed by atoms with Gasteiger partial charge in [-0.3, -0.25) is 4.79 Å². The van der Waals surface area contributed by atoms with E-state index in [1.807, 2.05) is 13.8 Å². The molecule has 3 fully saturated rings. The van der Waals surface area contributed by atoms with E-state index < -0.39 is 0 Å². The summed E-state index contributed by atoms with van der Waals surface area (Å²) in [5.74, 6) is -0.0188. The molecule has 78 valence electrons. The Morgan fingerprint density at radius 3 is 2.57 bits per heavy atom. The Morgan fingerprint density at radius 1 is 1.36 bits per heavy atom. The summed E-state index contributed by atoms with van der Waals surface area (Å²) < 4.78 is 11.2. The van der Waals surface area contributed by atoms with E-state index in [0.717, 1.165) is 25.7 Å². The molecule has 3 heterocycles. The van der Waals surface area contributed by atoms with Crippen molar-refractivity contribution < 1.29 is 14.3 Å². The van der Waals surface area contributed by atoms with Crippen molar-refractivity contribution in [2.45, 2.75) is 57.3 Å². The summed E-state index contributed by atoms with van der Waals surface area (Å²) in [6.45, 7) is 3.98. The molecule has 3 aliphatic rings. The molecule has 0 saturated carbocycles. The lowest BCUT2D eigenvalue weighted by molar-refractivity contribution is -0.154. The summed E-state index contributed by atoms with van der Waals surface area (Å²) in [4.78, 5) is 11.9. The standard InChI is InChI=1S/C11H16O3/c1-10(2)6-11(9(12)14-10)5-7-3-4-8(11)13-7/h7-8H,3-6H2,1-2H3. The molecule has 0 aromatic rings. The summed E-state index contributed by atoms with van der Waals surface area (Å²) in [5.41, 5.74) is -0.572. The zero-order chi connectivity index (χ0) is 9.97. The molecule has 3 unspecified atom stereocenters. The van der Waals surface area contributed by atoms with Gasteiger partial charge < -0.3 is 9.47 Å². The Morgan fingerprint density at radius 2 is 2.14 bits per heavy atom. The number of carbonyl (C=O) groups is 1. The average Bonchev–Trinajstić information content (AvgIpc) is 2.65. The van der Waals surface area contributed by atoms with Crippen LogP contribution in [0.15, 0.2) is 0 Å². The maximum Gasteiger partial charge on any atom is 0.315 e. The largest absolute Gasteiger partial charge is 0.459 e. The maximum absolute atomic E-state index is 11.9. The number of carbonyl (C=O) groups excluding carboxylic acids is 1. The van der Waals surface area contributed by atoms with Gasteiger partial charge in [0, 0.05) is 6.42 Å². The summed E-state index contributed by atoms with van der Waals surface area (Å²) >= 11 is 0. The second-order valence-electron chi connectivity index (χ2n) is 5.51. The Labute approximate surface area is 83.8 Å². The van der Waals surface area contributed by atoms with Gasteiger partial charge in [0.05, 0.1) is 12.2 Å². The van der Waals surface area contributed by atoms with Crippen LogP contribution in [0.3, 0.4) is 0 Å². The molecule has 14 heavy (non-hydrogen) atoms. The molecule has 0 radical (unpaired) electrons. The lowest BCUT2D eigenvalue weighted by atomic mass is 9.70. The van der Waals surface area contributed by atoms with E-state index in [4.69, 9.17) is 9.47 Å². The number of hydrogen-bond donors (Lipinski definition) is 0. The molecule has 3 atom stereocenters. The van der Waals surface area contributed by atoms with Crippen LogP contribution in [0.2, 0.25) is 0 Å². The van der Waals surface area contributed by atoms with E-state index in [9.17, 15) is 4.79 Å². The molecule has 0 N–H and O–H groups in total. The average molecular weight is 196 g/mol. The van der Waals surface area contributed by atoms with Crippen LogP contribution in [0.4, 0.5) is 0 Å². The zero-order valence-electron chi connectivity index (χ0n) is 8.71. The lowest BCUT2D eigenvalue weighted by Gasteiger charge is -2.26. The third-order valence-electron chi connectivity index (χ3n) is 3.83. The van der Waals surface area contributed by atoms with Crippen molar-refractivity contribution in [3.05, 3.63) is 0 Å². The van der Waals surface area contributed by atoms with E-state index in [0.29, 0.717) is 6.10 Å². The quantitative estimate of drug-likeness (QED) is 0.553. The highest BCUT2D eigenvalue weighted by molar-refractivity contribution is 5.81. The Hall–Kier alpha value is -0.570. The Bertz CT molecular complexity index is 297. The molecule has 0 aromatic carbocycles. The molecular formula is C11H16O3. The van der Waals surface area contributed by atoms with Crippen LogP contribution in [-0.2, 0) is 14.3 Å². The number of hydrogen-bond acceptors (Lipinski definition) is 3. The SMILES string of the molecule is CC1(C)CC2(CC3CCC2O3)C(=O)O1. The lowest BCUT2D eigenvalue weighted by Crippen LogP contribution is -2.37. The number of rotatable bonds is 0. The third kappa shape index (κ3) is 0.937. The highest BCUT2D eigenvalue weighted by atomic mass is 16.6. The van der Waals surface area contributed by atoms with Gasteiger partial charge in [-0.2, -0.15) is 0 Å². The molecule has 3 aliphatic heterocycles. The van der Waals surface area contributed by atoms with Gasteiger partial charge in [-0.15, -0.1) is 0 Å². The molecular weight excluding hydrogens is 180 g/mol. The van der Waals surface area contributed by atoms with Gasteiger partial charge in [-0.25, -0.2) is 0 Å².